The number of allylic oxidation sites excluding steroid dienone is 4. The summed E-state index contributed by atoms with van der Waals surface area (Å²) in [7, 11) is 1.30. The highest BCUT2D eigenvalue weighted by Gasteiger charge is 1.99. The maximum atomic E-state index is 2.26. The fourth-order valence-electron chi connectivity index (χ4n) is 1.08. The molecule has 0 aromatic carbocycles. The van der Waals surface area contributed by atoms with E-state index in [9.17, 15) is 0 Å². The first kappa shape index (κ1) is 10.5. The van der Waals surface area contributed by atoms with Gasteiger partial charge in [0.25, 0.3) is 0 Å². The quantitative estimate of drug-likeness (QED) is 0.417. The van der Waals surface area contributed by atoms with Crippen LogP contribution in [0.15, 0.2) is 24.3 Å². The van der Waals surface area contributed by atoms with E-state index in [1.807, 2.05) is 6.92 Å². The number of hydrogen-bond acceptors (Lipinski definition) is 0. The van der Waals surface area contributed by atoms with Gasteiger partial charge in [-0.05, 0) is 13.3 Å². The Morgan fingerprint density at radius 1 is 1.36 bits per heavy atom. The lowest BCUT2D eigenvalue weighted by Gasteiger charge is -2.05. The zero-order valence-electron chi connectivity index (χ0n) is 8.01. The van der Waals surface area contributed by atoms with Crippen molar-refractivity contribution in [2.75, 3.05) is 0 Å². The molecule has 62 valence electrons. The van der Waals surface area contributed by atoms with E-state index >= 15 is 0 Å². The van der Waals surface area contributed by atoms with E-state index in [1.54, 1.807) is 0 Å². The lowest BCUT2D eigenvalue weighted by molar-refractivity contribution is 0.802. The topological polar surface area (TPSA) is 0 Å². The zero-order chi connectivity index (χ0) is 8.53. The molecular formula is C10H19B. The molecule has 1 atom stereocenters. The second-order valence-corrected chi connectivity index (χ2v) is 2.87. The van der Waals surface area contributed by atoms with Crippen molar-refractivity contribution < 1.29 is 0 Å². The van der Waals surface area contributed by atoms with E-state index in [0.29, 0.717) is 0 Å². The molecule has 11 heavy (non-hydrogen) atoms. The molecule has 0 heterocycles. The molecule has 0 N–H and O–H groups in total. The lowest BCUT2D eigenvalue weighted by Crippen LogP contribution is -1.95. The highest BCUT2D eigenvalue weighted by atomic mass is 13.9. The second kappa shape index (κ2) is 7.65. The minimum absolute atomic E-state index is 0.886. The van der Waals surface area contributed by atoms with Crippen LogP contribution in [0.5, 0.6) is 0 Å². The molecule has 0 aromatic rings. The summed E-state index contributed by atoms with van der Waals surface area (Å²) in [4.78, 5) is 0. The van der Waals surface area contributed by atoms with Crippen LogP contribution in [-0.2, 0) is 0 Å². The first-order valence-electron chi connectivity index (χ1n) is 4.62. The van der Waals surface area contributed by atoms with Crippen LogP contribution in [0.1, 0.15) is 26.7 Å². The summed E-state index contributed by atoms with van der Waals surface area (Å²) < 4.78 is 0. The van der Waals surface area contributed by atoms with Gasteiger partial charge in [-0.15, -0.1) is 0 Å². The van der Waals surface area contributed by atoms with E-state index in [1.165, 1.54) is 20.1 Å². The third kappa shape index (κ3) is 5.96. The van der Waals surface area contributed by atoms with Gasteiger partial charge in [-0.2, -0.15) is 0 Å². The van der Waals surface area contributed by atoms with Crippen molar-refractivity contribution in [1.82, 2.24) is 0 Å². The van der Waals surface area contributed by atoms with Gasteiger partial charge in [-0.1, -0.05) is 50.3 Å². The Bertz CT molecular complexity index is 121. The van der Waals surface area contributed by atoms with Gasteiger partial charge in [0, 0.05) is 0 Å². The normalized spacial score (nSPS) is 14.5. The van der Waals surface area contributed by atoms with E-state index in [-0.39, 0.29) is 0 Å². The minimum atomic E-state index is 0.886. The molecule has 0 radical (unpaired) electrons. The Balaban J connectivity index is 3.49. The van der Waals surface area contributed by atoms with Gasteiger partial charge >= 0.3 is 0 Å². The van der Waals surface area contributed by atoms with Gasteiger partial charge in [0.2, 0.25) is 0 Å². The molecule has 0 saturated carbocycles. The Hall–Kier alpha value is -0.455. The third-order valence-electron chi connectivity index (χ3n) is 2.06. The standard InChI is InChI=1S/C10H19B/c1-4-6-7-8-9-10(5-2)11-3/h4,6-8,10-11H,5,9H2,1-3H3/b6-4-,8-7-. The average Bonchev–Trinajstić information content (AvgIpc) is 2.05. The Morgan fingerprint density at radius 2 is 2.09 bits per heavy atom. The highest BCUT2D eigenvalue weighted by molar-refractivity contribution is 6.35. The molecule has 0 nitrogen and oxygen atoms in total. The lowest BCUT2D eigenvalue weighted by atomic mass is 9.64. The van der Waals surface area contributed by atoms with E-state index in [2.05, 4.69) is 38.1 Å². The van der Waals surface area contributed by atoms with Crippen LogP contribution >= 0.6 is 0 Å². The molecule has 0 rings (SSSR count). The van der Waals surface area contributed by atoms with Crippen molar-refractivity contribution in [2.45, 2.75) is 39.3 Å². The predicted octanol–water partition coefficient (Wildman–Crippen LogP) is 3.19. The first-order valence-corrected chi connectivity index (χ1v) is 4.62. The molecule has 0 aromatic heterocycles. The van der Waals surface area contributed by atoms with Crippen LogP contribution in [0.25, 0.3) is 0 Å². The van der Waals surface area contributed by atoms with Crippen molar-refractivity contribution in [2.24, 2.45) is 0 Å². The van der Waals surface area contributed by atoms with Gasteiger partial charge < -0.3 is 0 Å². The second-order valence-electron chi connectivity index (χ2n) is 2.87. The maximum absolute atomic E-state index is 2.26. The molecule has 0 spiro atoms. The van der Waals surface area contributed by atoms with Gasteiger partial charge in [0.1, 0.15) is 7.28 Å². The Kier molecular flexibility index (Phi) is 7.33. The van der Waals surface area contributed by atoms with E-state index in [4.69, 9.17) is 0 Å². The fourth-order valence-corrected chi connectivity index (χ4v) is 1.08. The molecule has 0 aliphatic heterocycles. The molecule has 0 aliphatic carbocycles. The summed E-state index contributed by atoms with van der Waals surface area (Å²) in [6.07, 6.45) is 11.1. The molecule has 0 fully saturated rings. The largest absolute Gasteiger partial charge is 0.121 e. The smallest absolute Gasteiger partial charge is 0.0891 e. The van der Waals surface area contributed by atoms with Gasteiger partial charge in [-0.25, -0.2) is 0 Å². The SMILES string of the molecule is CBC(CC)C/C=C\C=C/C. The number of rotatable bonds is 5. The Morgan fingerprint density at radius 3 is 2.55 bits per heavy atom. The van der Waals surface area contributed by atoms with Crippen molar-refractivity contribution in [3.05, 3.63) is 24.3 Å². The molecule has 1 heteroatoms. The zero-order valence-corrected chi connectivity index (χ0v) is 8.01. The van der Waals surface area contributed by atoms with Crippen LogP contribution < -0.4 is 0 Å². The molecule has 0 saturated heterocycles. The molecular weight excluding hydrogens is 131 g/mol. The molecule has 0 bridgehead atoms. The first-order chi connectivity index (χ1) is 5.35. The van der Waals surface area contributed by atoms with Crippen molar-refractivity contribution in [1.29, 1.82) is 0 Å². The van der Waals surface area contributed by atoms with Crippen LogP contribution in [0.3, 0.4) is 0 Å². The summed E-state index contributed by atoms with van der Waals surface area (Å²) in [6.45, 7) is 6.57. The highest BCUT2D eigenvalue weighted by Crippen LogP contribution is 2.13. The van der Waals surface area contributed by atoms with Crippen molar-refractivity contribution in [3.63, 3.8) is 0 Å². The molecule has 0 aliphatic rings. The third-order valence-corrected chi connectivity index (χ3v) is 2.06. The van der Waals surface area contributed by atoms with E-state index in [0.717, 1.165) is 5.82 Å². The van der Waals surface area contributed by atoms with Crippen LogP contribution in [0.2, 0.25) is 12.6 Å². The van der Waals surface area contributed by atoms with E-state index < -0.39 is 0 Å². The fraction of sp³-hybridized carbons (Fsp3) is 0.600. The monoisotopic (exact) mass is 150 g/mol. The Labute approximate surface area is 71.6 Å². The summed E-state index contributed by atoms with van der Waals surface area (Å²) >= 11 is 0. The average molecular weight is 150 g/mol. The number of hydrogen-bond donors (Lipinski definition) is 0. The van der Waals surface area contributed by atoms with Gasteiger partial charge in [-0.3, -0.25) is 0 Å². The van der Waals surface area contributed by atoms with Crippen LogP contribution in [0, 0.1) is 0 Å². The minimum Gasteiger partial charge on any atom is -0.0891 e. The predicted molar refractivity (Wildman–Crippen MR) is 55.6 cm³/mol. The van der Waals surface area contributed by atoms with Crippen molar-refractivity contribution in [3.8, 4) is 0 Å². The van der Waals surface area contributed by atoms with Crippen LogP contribution in [-0.4, -0.2) is 7.28 Å². The van der Waals surface area contributed by atoms with Crippen molar-refractivity contribution >= 4 is 7.28 Å². The van der Waals surface area contributed by atoms with Gasteiger partial charge in [0.05, 0.1) is 0 Å². The summed E-state index contributed by atoms with van der Waals surface area (Å²) in [5.74, 6) is 0.886. The maximum Gasteiger partial charge on any atom is 0.121 e. The summed E-state index contributed by atoms with van der Waals surface area (Å²) in [5, 5.41) is 0. The van der Waals surface area contributed by atoms with Crippen LogP contribution in [0.4, 0.5) is 0 Å². The molecule has 0 amide bonds. The molecule has 1 unspecified atom stereocenters. The summed E-state index contributed by atoms with van der Waals surface area (Å²) in [6, 6.07) is 0. The van der Waals surface area contributed by atoms with Gasteiger partial charge in [0.15, 0.2) is 0 Å². The summed E-state index contributed by atoms with van der Waals surface area (Å²) in [5.41, 5.74) is 0.